The first-order valence-electron chi connectivity index (χ1n) is 8.38. The molecule has 0 unspecified atom stereocenters. The molecule has 0 bridgehead atoms. The summed E-state index contributed by atoms with van der Waals surface area (Å²) in [4.78, 5) is 35.3. The molecule has 0 fully saturated rings. The number of esters is 1. The molecule has 0 saturated carbocycles. The minimum Gasteiger partial charge on any atom is -0.452 e. The van der Waals surface area contributed by atoms with Crippen LogP contribution in [0.4, 0.5) is 11.4 Å². The quantitative estimate of drug-likeness (QED) is 0.738. The molecule has 0 heterocycles. The van der Waals surface area contributed by atoms with Crippen LogP contribution in [-0.2, 0) is 25.5 Å². The highest BCUT2D eigenvalue weighted by Crippen LogP contribution is 2.23. The topological polar surface area (TPSA) is 84.5 Å². The van der Waals surface area contributed by atoms with Gasteiger partial charge in [-0.1, -0.05) is 29.8 Å². The highest BCUT2D eigenvalue weighted by Gasteiger charge is 2.19. The Morgan fingerprint density at radius 3 is 2.37 bits per heavy atom. The van der Waals surface area contributed by atoms with Gasteiger partial charge in [-0.2, -0.15) is 0 Å². The molecule has 0 aliphatic heterocycles. The second kappa shape index (κ2) is 9.19. The van der Waals surface area contributed by atoms with Gasteiger partial charge in [0.1, 0.15) is 0 Å². The third-order valence-electron chi connectivity index (χ3n) is 3.83. The van der Waals surface area contributed by atoms with Crippen LogP contribution in [0.5, 0.6) is 0 Å². The van der Waals surface area contributed by atoms with Crippen molar-refractivity contribution in [1.82, 2.24) is 0 Å². The third kappa shape index (κ3) is 6.11. The zero-order valence-electron chi connectivity index (χ0n) is 15.3. The van der Waals surface area contributed by atoms with Gasteiger partial charge in [0.25, 0.3) is 5.91 Å². The van der Waals surface area contributed by atoms with Crippen LogP contribution in [0.1, 0.15) is 25.0 Å². The Labute approximate surface area is 162 Å². The Morgan fingerprint density at radius 2 is 1.74 bits per heavy atom. The minimum atomic E-state index is -0.950. The minimum absolute atomic E-state index is 0.0220. The number of carbonyl (C=O) groups is 3. The highest BCUT2D eigenvalue weighted by molar-refractivity contribution is 6.31. The molecule has 142 valence electrons. The average Bonchev–Trinajstić information content (AvgIpc) is 2.60. The van der Waals surface area contributed by atoms with Crippen molar-refractivity contribution in [3.05, 3.63) is 58.6 Å². The van der Waals surface area contributed by atoms with Gasteiger partial charge in [-0.25, -0.2) is 0 Å². The number of rotatable bonds is 6. The molecular formula is C20H21ClN2O4. The van der Waals surface area contributed by atoms with Crippen molar-refractivity contribution in [3.8, 4) is 0 Å². The first-order valence-corrected chi connectivity index (χ1v) is 8.76. The van der Waals surface area contributed by atoms with Crippen molar-refractivity contribution in [1.29, 1.82) is 0 Å². The summed E-state index contributed by atoms with van der Waals surface area (Å²) in [6.07, 6.45) is -0.928. The van der Waals surface area contributed by atoms with Crippen LogP contribution >= 0.6 is 11.6 Å². The first-order chi connectivity index (χ1) is 12.8. The Hall–Kier alpha value is -2.86. The predicted molar refractivity (Wildman–Crippen MR) is 105 cm³/mol. The van der Waals surface area contributed by atoms with Crippen LogP contribution in [0.25, 0.3) is 0 Å². The maximum atomic E-state index is 12.2. The van der Waals surface area contributed by atoms with E-state index in [2.05, 4.69) is 10.6 Å². The summed E-state index contributed by atoms with van der Waals surface area (Å²) in [5, 5.41) is 5.89. The van der Waals surface area contributed by atoms with E-state index in [4.69, 9.17) is 16.3 Å². The van der Waals surface area contributed by atoms with E-state index >= 15 is 0 Å². The Morgan fingerprint density at radius 1 is 1.07 bits per heavy atom. The SMILES string of the molecule is CC(=O)Nc1ccc(CC(=O)O[C@H](C)C(=O)Nc2cccc(Cl)c2C)cc1. The lowest BCUT2D eigenvalue weighted by Gasteiger charge is -2.15. The fourth-order valence-corrected chi connectivity index (χ4v) is 2.52. The second-order valence-corrected chi connectivity index (χ2v) is 6.50. The van der Waals surface area contributed by atoms with E-state index in [1.807, 2.05) is 0 Å². The lowest BCUT2D eigenvalue weighted by Crippen LogP contribution is -2.30. The molecule has 27 heavy (non-hydrogen) atoms. The molecule has 0 aromatic heterocycles. The number of hydrogen-bond donors (Lipinski definition) is 2. The van der Waals surface area contributed by atoms with E-state index < -0.39 is 18.0 Å². The molecule has 2 amide bonds. The van der Waals surface area contributed by atoms with Gasteiger partial charge in [0.05, 0.1) is 6.42 Å². The van der Waals surface area contributed by atoms with Gasteiger partial charge in [0, 0.05) is 23.3 Å². The first kappa shape index (κ1) is 20.5. The van der Waals surface area contributed by atoms with Crippen molar-refractivity contribution in [2.24, 2.45) is 0 Å². The third-order valence-corrected chi connectivity index (χ3v) is 4.24. The Kier molecular flexibility index (Phi) is 6.96. The lowest BCUT2D eigenvalue weighted by atomic mass is 10.1. The number of amides is 2. The zero-order chi connectivity index (χ0) is 20.0. The van der Waals surface area contributed by atoms with Crippen molar-refractivity contribution in [2.75, 3.05) is 10.6 Å². The fourth-order valence-electron chi connectivity index (χ4n) is 2.35. The number of anilines is 2. The maximum absolute atomic E-state index is 12.2. The van der Waals surface area contributed by atoms with E-state index in [0.717, 1.165) is 5.56 Å². The Bertz CT molecular complexity index is 850. The monoisotopic (exact) mass is 388 g/mol. The van der Waals surface area contributed by atoms with Crippen LogP contribution < -0.4 is 10.6 Å². The van der Waals surface area contributed by atoms with E-state index in [9.17, 15) is 14.4 Å². The molecule has 0 saturated heterocycles. The van der Waals surface area contributed by atoms with Crippen molar-refractivity contribution >= 4 is 40.8 Å². The van der Waals surface area contributed by atoms with Gasteiger partial charge in [-0.05, 0) is 49.2 Å². The highest BCUT2D eigenvalue weighted by atomic mass is 35.5. The molecule has 0 spiro atoms. The number of carbonyl (C=O) groups excluding carboxylic acids is 3. The second-order valence-electron chi connectivity index (χ2n) is 6.09. The Balaban J connectivity index is 1.89. The summed E-state index contributed by atoms with van der Waals surface area (Å²) in [6, 6.07) is 12.0. The molecular weight excluding hydrogens is 368 g/mol. The fraction of sp³-hybridized carbons (Fsp3) is 0.250. The van der Waals surface area contributed by atoms with Gasteiger partial charge in [-0.3, -0.25) is 14.4 Å². The van der Waals surface area contributed by atoms with Gasteiger partial charge in [0.15, 0.2) is 6.10 Å². The average molecular weight is 389 g/mol. The normalized spacial score (nSPS) is 11.4. The van der Waals surface area contributed by atoms with Gasteiger partial charge >= 0.3 is 5.97 Å². The molecule has 2 N–H and O–H groups in total. The van der Waals surface area contributed by atoms with Crippen LogP contribution in [0.15, 0.2) is 42.5 Å². The number of nitrogens with one attached hydrogen (secondary N) is 2. The number of halogens is 1. The number of hydrogen-bond acceptors (Lipinski definition) is 4. The summed E-state index contributed by atoms with van der Waals surface area (Å²) in [5.41, 5.74) is 2.67. The molecule has 2 aromatic carbocycles. The zero-order valence-corrected chi connectivity index (χ0v) is 16.1. The summed E-state index contributed by atoms with van der Waals surface area (Å²) in [5.74, 6) is -1.13. The molecule has 7 heteroatoms. The lowest BCUT2D eigenvalue weighted by molar-refractivity contribution is -0.152. The van der Waals surface area contributed by atoms with E-state index in [-0.39, 0.29) is 12.3 Å². The molecule has 0 aliphatic rings. The molecule has 2 aromatic rings. The molecule has 2 rings (SSSR count). The predicted octanol–water partition coefficient (Wildman–Crippen LogP) is 3.72. The summed E-state index contributed by atoms with van der Waals surface area (Å²) < 4.78 is 5.20. The number of ether oxygens (including phenoxy) is 1. The van der Waals surface area contributed by atoms with Crippen LogP contribution in [-0.4, -0.2) is 23.9 Å². The van der Waals surface area contributed by atoms with Crippen LogP contribution in [0.3, 0.4) is 0 Å². The summed E-state index contributed by atoms with van der Waals surface area (Å²) >= 11 is 6.03. The van der Waals surface area contributed by atoms with Crippen molar-refractivity contribution in [2.45, 2.75) is 33.3 Å². The van der Waals surface area contributed by atoms with E-state index in [1.54, 1.807) is 49.4 Å². The van der Waals surface area contributed by atoms with Crippen molar-refractivity contribution < 1.29 is 19.1 Å². The van der Waals surface area contributed by atoms with Crippen molar-refractivity contribution in [3.63, 3.8) is 0 Å². The molecule has 1 atom stereocenters. The standard InChI is InChI=1S/C20H21ClN2O4/c1-12-17(21)5-4-6-18(12)23-20(26)13(2)27-19(25)11-15-7-9-16(10-8-15)22-14(3)24/h4-10,13H,11H2,1-3H3,(H,22,24)(H,23,26)/t13-/m1/s1. The van der Waals surface area contributed by atoms with Gasteiger partial charge in [0.2, 0.25) is 5.91 Å². The van der Waals surface area contributed by atoms with Gasteiger partial charge in [-0.15, -0.1) is 0 Å². The van der Waals surface area contributed by atoms with E-state index in [1.165, 1.54) is 13.8 Å². The smallest absolute Gasteiger partial charge is 0.311 e. The van der Waals surface area contributed by atoms with E-state index in [0.29, 0.717) is 22.0 Å². The van der Waals surface area contributed by atoms with Crippen LogP contribution in [0, 0.1) is 6.92 Å². The summed E-state index contributed by atoms with van der Waals surface area (Å²) in [7, 11) is 0. The maximum Gasteiger partial charge on any atom is 0.311 e. The number of benzene rings is 2. The molecule has 6 nitrogen and oxygen atoms in total. The largest absolute Gasteiger partial charge is 0.452 e. The summed E-state index contributed by atoms with van der Waals surface area (Å²) in [6.45, 7) is 4.72. The molecule has 0 radical (unpaired) electrons. The van der Waals surface area contributed by atoms with Gasteiger partial charge < -0.3 is 15.4 Å². The molecule has 0 aliphatic carbocycles. The van der Waals surface area contributed by atoms with Crippen LogP contribution in [0.2, 0.25) is 5.02 Å².